The predicted octanol–water partition coefficient (Wildman–Crippen LogP) is 4.87. The summed E-state index contributed by atoms with van der Waals surface area (Å²) in [6.45, 7) is 8.58. The Labute approximate surface area is 172 Å². The number of nitrogens with zero attached hydrogens (tertiary/aromatic N) is 2. The van der Waals surface area contributed by atoms with E-state index in [9.17, 15) is 9.59 Å². The molecule has 0 aromatic heterocycles. The smallest absolute Gasteiger partial charge is 0.223 e. The van der Waals surface area contributed by atoms with Gasteiger partial charge in [-0.05, 0) is 87.9 Å². The molecule has 4 nitrogen and oxygen atoms in total. The molecule has 2 unspecified atom stereocenters. The molecular formula is C24H42N2O2. The van der Waals surface area contributed by atoms with E-state index in [-0.39, 0.29) is 10.8 Å². The number of rotatable bonds is 8. The highest BCUT2D eigenvalue weighted by Gasteiger charge is 2.58. The average molecular weight is 391 g/mol. The van der Waals surface area contributed by atoms with E-state index < -0.39 is 0 Å². The molecule has 160 valence electrons. The van der Waals surface area contributed by atoms with Crippen LogP contribution in [0.3, 0.4) is 0 Å². The predicted molar refractivity (Wildman–Crippen MR) is 114 cm³/mol. The summed E-state index contributed by atoms with van der Waals surface area (Å²) < 4.78 is 0. The molecule has 2 amide bonds. The molecule has 0 saturated heterocycles. The Morgan fingerprint density at radius 3 is 1.50 bits per heavy atom. The maximum absolute atomic E-state index is 13.0. The van der Waals surface area contributed by atoms with Crippen LogP contribution in [0.15, 0.2) is 0 Å². The van der Waals surface area contributed by atoms with Crippen molar-refractivity contribution < 1.29 is 9.59 Å². The minimum atomic E-state index is 0.151. The van der Waals surface area contributed by atoms with Crippen LogP contribution in [0.25, 0.3) is 0 Å². The lowest BCUT2D eigenvalue weighted by atomic mass is 9.43. The van der Waals surface area contributed by atoms with Crippen molar-refractivity contribution in [3.63, 3.8) is 0 Å². The summed E-state index contributed by atoms with van der Waals surface area (Å²) in [4.78, 5) is 30.0. The third-order valence-electron chi connectivity index (χ3n) is 8.65. The van der Waals surface area contributed by atoms with Gasteiger partial charge in [0, 0.05) is 39.0 Å². The maximum Gasteiger partial charge on any atom is 0.223 e. The zero-order valence-corrected chi connectivity index (χ0v) is 19.1. The Bertz CT molecular complexity index is 539. The number of amides is 2. The largest absolute Gasteiger partial charge is 0.343 e. The summed E-state index contributed by atoms with van der Waals surface area (Å²) in [7, 11) is 3.94. The molecule has 0 aromatic rings. The number of carbonyl (C=O) groups excluding carboxylic acids is 2. The Balaban J connectivity index is 1.74. The van der Waals surface area contributed by atoms with Crippen molar-refractivity contribution in [3.05, 3.63) is 0 Å². The van der Waals surface area contributed by atoms with Crippen molar-refractivity contribution in [1.29, 1.82) is 0 Å². The minimum Gasteiger partial charge on any atom is -0.343 e. The van der Waals surface area contributed by atoms with Crippen LogP contribution in [0.5, 0.6) is 0 Å². The summed E-state index contributed by atoms with van der Waals surface area (Å²) in [6.07, 6.45) is 10.6. The first kappa shape index (κ1) is 21.6. The van der Waals surface area contributed by atoms with Crippen molar-refractivity contribution >= 4 is 11.8 Å². The van der Waals surface area contributed by atoms with Gasteiger partial charge < -0.3 is 9.80 Å². The highest BCUT2D eigenvalue weighted by Crippen LogP contribution is 2.67. The van der Waals surface area contributed by atoms with E-state index in [4.69, 9.17) is 0 Å². The fraction of sp³-hybridized carbons (Fsp3) is 0.917. The monoisotopic (exact) mass is 390 g/mol. The minimum absolute atomic E-state index is 0.151. The molecule has 0 radical (unpaired) electrons. The second kappa shape index (κ2) is 7.99. The zero-order chi connectivity index (χ0) is 20.7. The SMILES string of the molecule is CCC(C)N(C)C(=O)CC12CC3CC(C1)CC(CC(=O)N(C)C(C)CC)(C3)C2. The number of carbonyl (C=O) groups is 2. The van der Waals surface area contributed by atoms with Crippen molar-refractivity contribution in [2.75, 3.05) is 14.1 Å². The van der Waals surface area contributed by atoms with Crippen LogP contribution >= 0.6 is 0 Å². The van der Waals surface area contributed by atoms with Crippen LogP contribution in [-0.2, 0) is 9.59 Å². The van der Waals surface area contributed by atoms with Crippen LogP contribution in [-0.4, -0.2) is 47.8 Å². The van der Waals surface area contributed by atoms with Gasteiger partial charge in [-0.3, -0.25) is 9.59 Å². The molecular weight excluding hydrogens is 348 g/mol. The van der Waals surface area contributed by atoms with Gasteiger partial charge in [-0.25, -0.2) is 0 Å². The highest BCUT2D eigenvalue weighted by molar-refractivity contribution is 5.78. The first-order chi connectivity index (χ1) is 13.1. The van der Waals surface area contributed by atoms with Gasteiger partial charge in [-0.1, -0.05) is 13.8 Å². The Morgan fingerprint density at radius 1 is 0.821 bits per heavy atom. The Morgan fingerprint density at radius 2 is 1.18 bits per heavy atom. The maximum atomic E-state index is 13.0. The van der Waals surface area contributed by atoms with Crippen molar-refractivity contribution in [2.24, 2.45) is 22.7 Å². The van der Waals surface area contributed by atoms with E-state index in [0.29, 0.717) is 36.7 Å². The van der Waals surface area contributed by atoms with Crippen molar-refractivity contribution in [3.8, 4) is 0 Å². The van der Waals surface area contributed by atoms with Crippen LogP contribution < -0.4 is 0 Å². The standard InChI is InChI=1S/C24H42N2O2/c1-7-17(3)25(5)21(27)14-23-10-19-9-20(11-23)13-24(12-19,16-23)15-22(28)26(6)18(4)8-2/h17-20H,7-16H2,1-6H3. The quantitative estimate of drug-likeness (QED) is 0.593. The second-order valence-corrected chi connectivity index (χ2v) is 10.8. The first-order valence-electron chi connectivity index (χ1n) is 11.6. The van der Waals surface area contributed by atoms with Gasteiger partial charge in [0.05, 0.1) is 0 Å². The second-order valence-electron chi connectivity index (χ2n) is 10.8. The molecule has 0 aliphatic heterocycles. The molecule has 0 spiro atoms. The molecule has 4 rings (SSSR count). The molecule has 28 heavy (non-hydrogen) atoms. The van der Waals surface area contributed by atoms with Gasteiger partial charge in [-0.2, -0.15) is 0 Å². The molecule has 4 bridgehead atoms. The molecule has 4 heteroatoms. The molecule has 4 saturated carbocycles. The van der Waals surface area contributed by atoms with E-state index in [2.05, 4.69) is 27.7 Å². The lowest BCUT2D eigenvalue weighted by molar-refractivity contribution is -0.155. The average Bonchev–Trinajstić information content (AvgIpc) is 2.63. The topological polar surface area (TPSA) is 40.6 Å². The van der Waals surface area contributed by atoms with Gasteiger partial charge in [0.1, 0.15) is 0 Å². The summed E-state index contributed by atoms with van der Waals surface area (Å²) in [5.74, 6) is 2.08. The van der Waals surface area contributed by atoms with Gasteiger partial charge in [0.2, 0.25) is 11.8 Å². The molecule has 0 aromatic carbocycles. The Hall–Kier alpha value is -1.06. The molecule has 4 aliphatic rings. The third kappa shape index (κ3) is 4.11. The van der Waals surface area contributed by atoms with Crippen LogP contribution in [0.4, 0.5) is 0 Å². The van der Waals surface area contributed by atoms with Crippen molar-refractivity contribution in [1.82, 2.24) is 9.80 Å². The fourth-order valence-corrected chi connectivity index (χ4v) is 6.99. The summed E-state index contributed by atoms with van der Waals surface area (Å²) in [5.41, 5.74) is 0.302. The molecule has 0 heterocycles. The number of hydrogen-bond acceptors (Lipinski definition) is 2. The van der Waals surface area contributed by atoms with E-state index in [0.717, 1.165) is 31.1 Å². The normalized spacial score (nSPS) is 35.5. The van der Waals surface area contributed by atoms with Crippen molar-refractivity contribution in [2.45, 2.75) is 104 Å². The lowest BCUT2D eigenvalue weighted by Gasteiger charge is -2.62. The first-order valence-corrected chi connectivity index (χ1v) is 11.6. The summed E-state index contributed by atoms with van der Waals surface area (Å²) >= 11 is 0. The molecule has 4 aliphatic carbocycles. The van der Waals surface area contributed by atoms with E-state index >= 15 is 0 Å². The van der Waals surface area contributed by atoms with E-state index in [1.807, 2.05) is 23.9 Å². The molecule has 2 atom stereocenters. The van der Waals surface area contributed by atoms with E-state index in [1.54, 1.807) is 0 Å². The summed E-state index contributed by atoms with van der Waals surface area (Å²) in [5, 5.41) is 0. The van der Waals surface area contributed by atoms with Crippen LogP contribution in [0.1, 0.15) is 91.9 Å². The fourth-order valence-electron chi connectivity index (χ4n) is 6.99. The highest BCUT2D eigenvalue weighted by atomic mass is 16.2. The third-order valence-corrected chi connectivity index (χ3v) is 8.65. The Kier molecular flexibility index (Phi) is 6.18. The lowest BCUT2D eigenvalue weighted by Crippen LogP contribution is -2.55. The van der Waals surface area contributed by atoms with Gasteiger partial charge >= 0.3 is 0 Å². The molecule has 4 fully saturated rings. The van der Waals surface area contributed by atoms with Gasteiger partial charge in [0.15, 0.2) is 0 Å². The van der Waals surface area contributed by atoms with Gasteiger partial charge in [0.25, 0.3) is 0 Å². The molecule has 0 N–H and O–H groups in total. The van der Waals surface area contributed by atoms with E-state index in [1.165, 1.54) is 32.1 Å². The van der Waals surface area contributed by atoms with Gasteiger partial charge in [-0.15, -0.1) is 0 Å². The summed E-state index contributed by atoms with van der Waals surface area (Å²) in [6, 6.07) is 0.613. The van der Waals surface area contributed by atoms with Crippen LogP contribution in [0.2, 0.25) is 0 Å². The van der Waals surface area contributed by atoms with Crippen LogP contribution in [0, 0.1) is 22.7 Å². The zero-order valence-electron chi connectivity index (χ0n) is 19.1. The number of hydrogen-bond donors (Lipinski definition) is 0.